The molecule has 1 heterocycles. The summed E-state index contributed by atoms with van der Waals surface area (Å²) in [4.78, 5) is 11.3. The molecule has 1 amide bonds. The normalized spacial score (nSPS) is 20.4. The Hall–Kier alpha value is -0.610. The van der Waals surface area contributed by atoms with Crippen LogP contribution < -0.4 is 11.1 Å². The molecule has 1 aliphatic rings. The lowest BCUT2D eigenvalue weighted by molar-refractivity contribution is -0.122. The van der Waals surface area contributed by atoms with Gasteiger partial charge in [-0.3, -0.25) is 4.79 Å². The summed E-state index contributed by atoms with van der Waals surface area (Å²) in [7, 11) is 0. The Balaban J connectivity index is 2.25. The van der Waals surface area contributed by atoms with Crippen molar-refractivity contribution in [2.75, 3.05) is 19.8 Å². The molecule has 0 radical (unpaired) electrons. The molecular weight excluding hydrogens is 180 g/mol. The van der Waals surface area contributed by atoms with Crippen LogP contribution in [0.5, 0.6) is 0 Å². The molecule has 1 fully saturated rings. The zero-order valence-electron chi connectivity index (χ0n) is 8.79. The Morgan fingerprint density at radius 3 is 2.79 bits per heavy atom. The van der Waals surface area contributed by atoms with Crippen LogP contribution in [0.2, 0.25) is 0 Å². The van der Waals surface area contributed by atoms with Crippen molar-refractivity contribution in [2.24, 2.45) is 11.7 Å². The minimum absolute atomic E-state index is 0.0616. The summed E-state index contributed by atoms with van der Waals surface area (Å²) in [6.07, 6.45) is 2.52. The van der Waals surface area contributed by atoms with Crippen LogP contribution in [0.3, 0.4) is 0 Å². The third-order valence-electron chi connectivity index (χ3n) is 2.73. The second-order valence-corrected chi connectivity index (χ2v) is 3.84. The van der Waals surface area contributed by atoms with Crippen molar-refractivity contribution in [1.29, 1.82) is 0 Å². The lowest BCUT2D eigenvalue weighted by atomic mass is 9.93. The van der Waals surface area contributed by atoms with E-state index in [1.54, 1.807) is 0 Å². The number of carbonyl (C=O) groups excluding carboxylic acids is 1. The molecule has 3 N–H and O–H groups in total. The summed E-state index contributed by atoms with van der Waals surface area (Å²) >= 11 is 0. The Labute approximate surface area is 85.2 Å². The van der Waals surface area contributed by atoms with E-state index in [0.29, 0.717) is 18.9 Å². The van der Waals surface area contributed by atoms with Crippen molar-refractivity contribution in [2.45, 2.75) is 32.2 Å². The van der Waals surface area contributed by atoms with Crippen molar-refractivity contribution < 1.29 is 9.53 Å². The first-order valence-corrected chi connectivity index (χ1v) is 5.31. The number of hydrogen-bond acceptors (Lipinski definition) is 3. The minimum atomic E-state index is 0.0616. The molecule has 82 valence electrons. The average Bonchev–Trinajstić information content (AvgIpc) is 2.19. The van der Waals surface area contributed by atoms with E-state index in [1.165, 1.54) is 0 Å². The molecule has 1 atom stereocenters. The van der Waals surface area contributed by atoms with E-state index in [-0.39, 0.29) is 11.9 Å². The van der Waals surface area contributed by atoms with Crippen LogP contribution >= 0.6 is 0 Å². The molecule has 4 nitrogen and oxygen atoms in total. The van der Waals surface area contributed by atoms with Crippen LogP contribution in [0.4, 0.5) is 0 Å². The van der Waals surface area contributed by atoms with Gasteiger partial charge in [-0.15, -0.1) is 0 Å². The van der Waals surface area contributed by atoms with Crippen molar-refractivity contribution in [3.63, 3.8) is 0 Å². The molecule has 0 spiro atoms. The molecule has 1 aliphatic heterocycles. The molecular formula is C10H20N2O2. The first-order chi connectivity index (χ1) is 6.74. The fourth-order valence-electron chi connectivity index (χ4n) is 1.79. The molecule has 0 saturated carbocycles. The monoisotopic (exact) mass is 200 g/mol. The van der Waals surface area contributed by atoms with Crippen LogP contribution in [0.1, 0.15) is 26.2 Å². The summed E-state index contributed by atoms with van der Waals surface area (Å²) in [6, 6.07) is 0.248. The summed E-state index contributed by atoms with van der Waals surface area (Å²) < 4.78 is 5.27. The van der Waals surface area contributed by atoms with Crippen LogP contribution in [-0.4, -0.2) is 31.7 Å². The highest BCUT2D eigenvalue weighted by molar-refractivity contribution is 5.76. The Morgan fingerprint density at radius 2 is 2.21 bits per heavy atom. The number of carbonyl (C=O) groups is 1. The van der Waals surface area contributed by atoms with E-state index >= 15 is 0 Å². The molecule has 1 saturated heterocycles. The number of nitrogens with two attached hydrogens (primary N) is 1. The second kappa shape index (κ2) is 5.98. The number of ether oxygens (including phenoxy) is 1. The van der Waals surface area contributed by atoms with Gasteiger partial charge in [0, 0.05) is 32.2 Å². The van der Waals surface area contributed by atoms with Gasteiger partial charge in [0.25, 0.3) is 0 Å². The van der Waals surface area contributed by atoms with Gasteiger partial charge in [-0.05, 0) is 25.7 Å². The summed E-state index contributed by atoms with van der Waals surface area (Å²) in [5.41, 5.74) is 5.30. The van der Waals surface area contributed by atoms with Gasteiger partial charge in [0.15, 0.2) is 0 Å². The summed E-state index contributed by atoms with van der Waals surface area (Å²) in [6.45, 7) is 4.13. The number of rotatable bonds is 4. The molecule has 0 aromatic carbocycles. The van der Waals surface area contributed by atoms with E-state index < -0.39 is 0 Å². The molecule has 0 bridgehead atoms. The molecule has 1 rings (SSSR count). The molecule has 0 aromatic rings. The number of hydrogen-bond donors (Lipinski definition) is 2. The summed E-state index contributed by atoms with van der Waals surface area (Å²) in [5, 5.41) is 2.98. The number of nitrogens with one attached hydrogen (secondary N) is 1. The highest BCUT2D eigenvalue weighted by Crippen LogP contribution is 2.18. The van der Waals surface area contributed by atoms with Gasteiger partial charge in [-0.25, -0.2) is 0 Å². The molecule has 0 aromatic heterocycles. The van der Waals surface area contributed by atoms with E-state index in [0.717, 1.165) is 26.1 Å². The fourth-order valence-corrected chi connectivity index (χ4v) is 1.79. The van der Waals surface area contributed by atoms with E-state index in [4.69, 9.17) is 10.5 Å². The maximum Gasteiger partial charge on any atom is 0.221 e. The molecule has 14 heavy (non-hydrogen) atoms. The Morgan fingerprint density at radius 1 is 1.57 bits per heavy atom. The molecule has 0 aliphatic carbocycles. The molecule has 4 heteroatoms. The van der Waals surface area contributed by atoms with Gasteiger partial charge in [0.05, 0.1) is 0 Å². The lowest BCUT2D eigenvalue weighted by Crippen LogP contribution is -2.40. The lowest BCUT2D eigenvalue weighted by Gasteiger charge is -2.28. The Kier molecular flexibility index (Phi) is 4.90. The van der Waals surface area contributed by atoms with Crippen molar-refractivity contribution in [3.05, 3.63) is 0 Å². The highest BCUT2D eigenvalue weighted by Gasteiger charge is 2.21. The van der Waals surface area contributed by atoms with Crippen LogP contribution in [0, 0.1) is 5.92 Å². The predicted molar refractivity (Wildman–Crippen MR) is 54.8 cm³/mol. The topological polar surface area (TPSA) is 64.4 Å². The van der Waals surface area contributed by atoms with Crippen LogP contribution in [0.15, 0.2) is 0 Å². The van der Waals surface area contributed by atoms with Crippen LogP contribution in [-0.2, 0) is 9.53 Å². The standard InChI is InChI=1S/C10H20N2O2/c1-8(12-10(13)2-5-11)9-3-6-14-7-4-9/h8-9H,2-7,11H2,1H3,(H,12,13). The minimum Gasteiger partial charge on any atom is -0.381 e. The average molecular weight is 200 g/mol. The predicted octanol–water partition coefficient (Wildman–Crippen LogP) is 0.267. The van der Waals surface area contributed by atoms with E-state index in [9.17, 15) is 4.79 Å². The smallest absolute Gasteiger partial charge is 0.221 e. The number of amides is 1. The van der Waals surface area contributed by atoms with E-state index in [2.05, 4.69) is 12.2 Å². The van der Waals surface area contributed by atoms with Gasteiger partial charge in [-0.2, -0.15) is 0 Å². The first kappa shape index (κ1) is 11.5. The Bertz CT molecular complexity index is 179. The highest BCUT2D eigenvalue weighted by atomic mass is 16.5. The van der Waals surface area contributed by atoms with Gasteiger partial charge >= 0.3 is 0 Å². The third-order valence-corrected chi connectivity index (χ3v) is 2.73. The van der Waals surface area contributed by atoms with Gasteiger partial charge < -0.3 is 15.8 Å². The SMILES string of the molecule is CC(NC(=O)CCN)C1CCOCC1. The fraction of sp³-hybridized carbons (Fsp3) is 0.900. The van der Waals surface area contributed by atoms with Crippen molar-refractivity contribution in [1.82, 2.24) is 5.32 Å². The zero-order chi connectivity index (χ0) is 10.4. The van der Waals surface area contributed by atoms with E-state index in [1.807, 2.05) is 0 Å². The van der Waals surface area contributed by atoms with Crippen molar-refractivity contribution >= 4 is 5.91 Å². The van der Waals surface area contributed by atoms with Gasteiger partial charge in [-0.1, -0.05) is 0 Å². The second-order valence-electron chi connectivity index (χ2n) is 3.84. The van der Waals surface area contributed by atoms with Crippen molar-refractivity contribution in [3.8, 4) is 0 Å². The summed E-state index contributed by atoms with van der Waals surface area (Å²) in [5.74, 6) is 0.622. The first-order valence-electron chi connectivity index (χ1n) is 5.31. The maximum atomic E-state index is 11.3. The third kappa shape index (κ3) is 3.64. The molecule has 1 unspecified atom stereocenters. The van der Waals surface area contributed by atoms with Crippen LogP contribution in [0.25, 0.3) is 0 Å². The van der Waals surface area contributed by atoms with Gasteiger partial charge in [0.1, 0.15) is 0 Å². The zero-order valence-corrected chi connectivity index (χ0v) is 8.79. The van der Waals surface area contributed by atoms with Gasteiger partial charge in [0.2, 0.25) is 5.91 Å². The maximum absolute atomic E-state index is 11.3. The largest absolute Gasteiger partial charge is 0.381 e. The quantitative estimate of drug-likeness (QED) is 0.684.